The molecule has 0 saturated carbocycles. The summed E-state index contributed by atoms with van der Waals surface area (Å²) >= 11 is 0. The summed E-state index contributed by atoms with van der Waals surface area (Å²) in [6, 6.07) is 8.97. The summed E-state index contributed by atoms with van der Waals surface area (Å²) in [7, 11) is 3.94. The summed E-state index contributed by atoms with van der Waals surface area (Å²) in [6.07, 6.45) is 0. The van der Waals surface area contributed by atoms with Crippen LogP contribution in [0.15, 0.2) is 36.4 Å². The first-order valence-corrected chi connectivity index (χ1v) is 6.86. The van der Waals surface area contributed by atoms with Gasteiger partial charge in [0, 0.05) is 12.1 Å². The molecule has 2 aromatic carbocycles. The lowest BCUT2D eigenvalue weighted by atomic mass is 10.1. The Hall–Kier alpha value is -3.22. The lowest BCUT2D eigenvalue weighted by molar-refractivity contribution is 0.0589. The first kappa shape index (κ1) is 17.1. The molecule has 126 valence electrons. The fraction of sp³-hybridized carbons (Fsp3) is 0.176. The largest absolute Gasteiger partial charge is 0.507 e. The second kappa shape index (κ2) is 7.36. The molecule has 0 fully saturated rings. The van der Waals surface area contributed by atoms with Crippen LogP contribution >= 0.6 is 0 Å². The molecule has 24 heavy (non-hydrogen) atoms. The number of methoxy groups -OCH3 is 3. The predicted molar refractivity (Wildman–Crippen MR) is 84.0 cm³/mol. The normalized spacial score (nSPS) is 9.96. The minimum Gasteiger partial charge on any atom is -0.507 e. The highest BCUT2D eigenvalue weighted by molar-refractivity contribution is 5.99. The van der Waals surface area contributed by atoms with Crippen LogP contribution in [-0.4, -0.2) is 38.4 Å². The van der Waals surface area contributed by atoms with E-state index >= 15 is 0 Å². The molecule has 0 aliphatic heterocycles. The SMILES string of the molecule is COC(=O)c1c(O)cc(OC)cc1OC(=O)c1ccccc1OC. The highest BCUT2D eigenvalue weighted by Crippen LogP contribution is 2.34. The highest BCUT2D eigenvalue weighted by Gasteiger charge is 2.24. The van der Waals surface area contributed by atoms with Crippen molar-refractivity contribution in [1.29, 1.82) is 0 Å². The summed E-state index contributed by atoms with van der Waals surface area (Å²) in [4.78, 5) is 24.2. The van der Waals surface area contributed by atoms with Crippen molar-refractivity contribution in [2.24, 2.45) is 0 Å². The Morgan fingerprint density at radius 2 is 1.62 bits per heavy atom. The first-order chi connectivity index (χ1) is 11.5. The number of para-hydroxylation sites is 1. The van der Waals surface area contributed by atoms with Gasteiger partial charge in [0.15, 0.2) is 5.75 Å². The van der Waals surface area contributed by atoms with Gasteiger partial charge in [-0.3, -0.25) is 0 Å². The van der Waals surface area contributed by atoms with Crippen molar-refractivity contribution in [3.05, 3.63) is 47.5 Å². The zero-order valence-corrected chi connectivity index (χ0v) is 13.4. The average Bonchev–Trinajstić information content (AvgIpc) is 2.60. The van der Waals surface area contributed by atoms with E-state index < -0.39 is 17.7 Å². The molecule has 0 aliphatic rings. The van der Waals surface area contributed by atoms with E-state index in [0.717, 1.165) is 7.11 Å². The Labute approximate surface area is 138 Å². The molecule has 0 spiro atoms. The van der Waals surface area contributed by atoms with Crippen molar-refractivity contribution in [2.45, 2.75) is 0 Å². The van der Waals surface area contributed by atoms with Gasteiger partial charge in [-0.25, -0.2) is 9.59 Å². The number of carbonyl (C=O) groups is 2. The molecule has 0 amide bonds. The molecule has 0 bridgehead atoms. The lowest BCUT2D eigenvalue weighted by Crippen LogP contribution is -2.13. The third kappa shape index (κ3) is 3.40. The molecule has 7 heteroatoms. The summed E-state index contributed by atoms with van der Waals surface area (Å²) in [5.74, 6) is -1.70. The van der Waals surface area contributed by atoms with Gasteiger partial charge in [-0.2, -0.15) is 0 Å². The summed E-state index contributed by atoms with van der Waals surface area (Å²) in [5.41, 5.74) is -0.111. The van der Waals surface area contributed by atoms with Crippen molar-refractivity contribution in [3.8, 4) is 23.0 Å². The molecule has 1 N–H and O–H groups in total. The minimum atomic E-state index is -0.849. The molecular weight excluding hydrogens is 316 g/mol. The molecule has 0 radical (unpaired) electrons. The molecule has 2 rings (SSSR count). The van der Waals surface area contributed by atoms with Crippen LogP contribution in [0.1, 0.15) is 20.7 Å². The van der Waals surface area contributed by atoms with Crippen molar-refractivity contribution in [1.82, 2.24) is 0 Å². The van der Waals surface area contributed by atoms with Crippen molar-refractivity contribution >= 4 is 11.9 Å². The number of benzene rings is 2. The molecule has 0 aliphatic carbocycles. The van der Waals surface area contributed by atoms with Crippen LogP contribution in [0.5, 0.6) is 23.0 Å². The van der Waals surface area contributed by atoms with Crippen LogP contribution in [0, 0.1) is 0 Å². The standard InChI is InChI=1S/C17H16O7/c1-21-10-8-12(18)15(17(20)23-3)14(9-10)24-16(19)11-6-4-5-7-13(11)22-2/h4-9,18H,1-3H3. The Morgan fingerprint density at radius 3 is 2.25 bits per heavy atom. The maximum Gasteiger partial charge on any atom is 0.347 e. The molecule has 0 unspecified atom stereocenters. The quantitative estimate of drug-likeness (QED) is 0.664. The van der Waals surface area contributed by atoms with Crippen LogP contribution in [0.25, 0.3) is 0 Å². The maximum atomic E-state index is 12.4. The van der Waals surface area contributed by atoms with E-state index in [1.54, 1.807) is 18.2 Å². The van der Waals surface area contributed by atoms with Gasteiger partial charge in [-0.1, -0.05) is 12.1 Å². The lowest BCUT2D eigenvalue weighted by Gasteiger charge is -2.13. The molecule has 0 saturated heterocycles. The number of esters is 2. The van der Waals surface area contributed by atoms with Crippen LogP contribution in [-0.2, 0) is 4.74 Å². The van der Waals surface area contributed by atoms with Gasteiger partial charge in [0.05, 0.1) is 21.3 Å². The Bertz CT molecular complexity index is 768. The highest BCUT2D eigenvalue weighted by atomic mass is 16.5. The van der Waals surface area contributed by atoms with Crippen LogP contribution in [0.4, 0.5) is 0 Å². The van der Waals surface area contributed by atoms with E-state index in [-0.39, 0.29) is 22.6 Å². The van der Waals surface area contributed by atoms with Crippen molar-refractivity contribution in [3.63, 3.8) is 0 Å². The molecular formula is C17H16O7. The van der Waals surface area contributed by atoms with Gasteiger partial charge < -0.3 is 24.1 Å². The smallest absolute Gasteiger partial charge is 0.347 e. The summed E-state index contributed by atoms with van der Waals surface area (Å²) in [5, 5.41) is 9.99. The van der Waals surface area contributed by atoms with E-state index in [1.165, 1.54) is 32.4 Å². The predicted octanol–water partition coefficient (Wildman–Crippen LogP) is 2.42. The van der Waals surface area contributed by atoms with E-state index in [2.05, 4.69) is 4.74 Å². The number of aromatic hydroxyl groups is 1. The van der Waals surface area contributed by atoms with Gasteiger partial charge >= 0.3 is 11.9 Å². The molecule has 0 atom stereocenters. The average molecular weight is 332 g/mol. The van der Waals surface area contributed by atoms with E-state index in [0.29, 0.717) is 5.75 Å². The van der Waals surface area contributed by atoms with Gasteiger partial charge in [-0.15, -0.1) is 0 Å². The number of phenolic OH excluding ortho intramolecular Hbond substituents is 1. The third-order valence-electron chi connectivity index (χ3n) is 3.21. The summed E-state index contributed by atoms with van der Waals surface area (Å²) < 4.78 is 20.0. The number of ether oxygens (including phenoxy) is 4. The number of phenols is 1. The van der Waals surface area contributed by atoms with Gasteiger partial charge in [0.2, 0.25) is 0 Å². The van der Waals surface area contributed by atoms with Crippen LogP contribution in [0.3, 0.4) is 0 Å². The number of hydrogen-bond donors (Lipinski definition) is 1. The fourth-order valence-corrected chi connectivity index (χ4v) is 2.05. The zero-order valence-electron chi connectivity index (χ0n) is 13.4. The van der Waals surface area contributed by atoms with Crippen molar-refractivity contribution < 1.29 is 33.6 Å². The number of carbonyl (C=O) groups excluding carboxylic acids is 2. The van der Waals surface area contributed by atoms with Crippen LogP contribution in [0.2, 0.25) is 0 Å². The topological polar surface area (TPSA) is 91.3 Å². The van der Waals surface area contributed by atoms with Gasteiger partial charge in [0.25, 0.3) is 0 Å². The summed E-state index contributed by atoms with van der Waals surface area (Å²) in [6.45, 7) is 0. The second-order valence-electron chi connectivity index (χ2n) is 4.60. The molecule has 2 aromatic rings. The van der Waals surface area contributed by atoms with Crippen LogP contribution < -0.4 is 14.2 Å². The van der Waals surface area contributed by atoms with Gasteiger partial charge in [-0.05, 0) is 12.1 Å². The first-order valence-electron chi connectivity index (χ1n) is 6.86. The third-order valence-corrected chi connectivity index (χ3v) is 3.21. The molecule has 7 nitrogen and oxygen atoms in total. The number of rotatable bonds is 5. The zero-order chi connectivity index (χ0) is 17.7. The Morgan fingerprint density at radius 1 is 0.917 bits per heavy atom. The van der Waals surface area contributed by atoms with E-state index in [4.69, 9.17) is 14.2 Å². The monoisotopic (exact) mass is 332 g/mol. The fourth-order valence-electron chi connectivity index (χ4n) is 2.05. The Balaban J connectivity index is 2.46. The molecule has 0 aromatic heterocycles. The molecule has 0 heterocycles. The van der Waals surface area contributed by atoms with Crippen molar-refractivity contribution in [2.75, 3.05) is 21.3 Å². The minimum absolute atomic E-state index is 0.165. The number of hydrogen-bond acceptors (Lipinski definition) is 7. The Kier molecular flexibility index (Phi) is 5.26. The van der Waals surface area contributed by atoms with E-state index in [9.17, 15) is 14.7 Å². The van der Waals surface area contributed by atoms with E-state index in [1.807, 2.05) is 0 Å². The second-order valence-corrected chi connectivity index (χ2v) is 4.60. The maximum absolute atomic E-state index is 12.4. The van der Waals surface area contributed by atoms with Gasteiger partial charge in [0.1, 0.15) is 28.4 Å².